The molecule has 2 unspecified atom stereocenters. The van der Waals surface area contributed by atoms with Crippen molar-refractivity contribution < 1.29 is 17.9 Å². The van der Waals surface area contributed by atoms with Crippen LogP contribution in [-0.4, -0.2) is 7.11 Å². The number of alkyl halides is 3. The summed E-state index contributed by atoms with van der Waals surface area (Å²) < 4.78 is 43.4. The minimum atomic E-state index is -4.35. The summed E-state index contributed by atoms with van der Waals surface area (Å²) in [6.45, 7) is 5.46. The summed E-state index contributed by atoms with van der Waals surface area (Å²) >= 11 is 0. The molecule has 0 spiro atoms. The van der Waals surface area contributed by atoms with Gasteiger partial charge in [-0.3, -0.25) is 0 Å². The van der Waals surface area contributed by atoms with E-state index in [0.29, 0.717) is 11.3 Å². The van der Waals surface area contributed by atoms with Gasteiger partial charge in [-0.2, -0.15) is 13.2 Å². The Kier molecular flexibility index (Phi) is 4.88. The molecule has 0 heterocycles. The van der Waals surface area contributed by atoms with Crippen LogP contribution in [0.15, 0.2) is 18.2 Å². The van der Waals surface area contributed by atoms with Gasteiger partial charge in [0.05, 0.1) is 12.7 Å². The molecule has 0 aromatic heterocycles. The first kappa shape index (κ1) is 15.4. The Morgan fingerprint density at radius 1 is 1.21 bits per heavy atom. The molecule has 0 bridgehead atoms. The van der Waals surface area contributed by atoms with Crippen LogP contribution in [-0.2, 0) is 6.18 Å². The maximum absolute atomic E-state index is 12.7. The lowest BCUT2D eigenvalue weighted by atomic mass is 9.87. The van der Waals surface area contributed by atoms with E-state index in [1.165, 1.54) is 13.2 Å². The van der Waals surface area contributed by atoms with Gasteiger partial charge in [0, 0.05) is 5.92 Å². The second kappa shape index (κ2) is 6.01. The maximum Gasteiger partial charge on any atom is 0.416 e. The molecule has 104 valence electrons. The van der Waals surface area contributed by atoms with Crippen LogP contribution in [0, 0.1) is 17.8 Å². The van der Waals surface area contributed by atoms with E-state index < -0.39 is 11.7 Å². The summed E-state index contributed by atoms with van der Waals surface area (Å²) in [4.78, 5) is 0. The topological polar surface area (TPSA) is 9.23 Å². The van der Waals surface area contributed by atoms with Crippen molar-refractivity contribution in [1.82, 2.24) is 0 Å². The molecule has 0 aliphatic rings. The molecule has 1 aromatic rings. The second-order valence-electron chi connectivity index (χ2n) is 4.43. The summed E-state index contributed by atoms with van der Waals surface area (Å²) in [6, 6.07) is 3.54. The molecular weight excluding hydrogens is 253 g/mol. The van der Waals surface area contributed by atoms with Gasteiger partial charge in [0.1, 0.15) is 5.75 Å². The number of rotatable bonds is 3. The van der Waals surface area contributed by atoms with Gasteiger partial charge in [-0.1, -0.05) is 19.8 Å². The average molecular weight is 270 g/mol. The van der Waals surface area contributed by atoms with E-state index >= 15 is 0 Å². The van der Waals surface area contributed by atoms with Crippen molar-refractivity contribution in [2.45, 2.75) is 32.9 Å². The first-order valence-corrected chi connectivity index (χ1v) is 5.98. The highest BCUT2D eigenvalue weighted by molar-refractivity contribution is 5.41. The van der Waals surface area contributed by atoms with Gasteiger partial charge in [-0.05, 0) is 36.6 Å². The van der Waals surface area contributed by atoms with Crippen LogP contribution >= 0.6 is 0 Å². The van der Waals surface area contributed by atoms with Crippen LogP contribution < -0.4 is 4.74 Å². The van der Waals surface area contributed by atoms with E-state index in [1.54, 1.807) is 6.92 Å². The van der Waals surface area contributed by atoms with Crippen LogP contribution in [0.5, 0.6) is 5.75 Å². The Bertz CT molecular complexity index is 494. The number of ether oxygens (including phenoxy) is 1. The summed E-state index contributed by atoms with van der Waals surface area (Å²) in [5, 5.41) is 0. The third-order valence-electron chi connectivity index (χ3n) is 3.17. The van der Waals surface area contributed by atoms with Crippen molar-refractivity contribution in [2.24, 2.45) is 5.92 Å². The van der Waals surface area contributed by atoms with E-state index in [9.17, 15) is 13.2 Å². The van der Waals surface area contributed by atoms with Crippen molar-refractivity contribution in [3.8, 4) is 17.6 Å². The van der Waals surface area contributed by atoms with Gasteiger partial charge in [0.2, 0.25) is 0 Å². The number of benzene rings is 1. The Labute approximate surface area is 111 Å². The third kappa shape index (κ3) is 3.66. The zero-order valence-electron chi connectivity index (χ0n) is 11.4. The Balaban J connectivity index is 3.25. The molecule has 1 aromatic carbocycles. The zero-order valence-corrected chi connectivity index (χ0v) is 11.4. The third-order valence-corrected chi connectivity index (χ3v) is 3.17. The van der Waals surface area contributed by atoms with Gasteiger partial charge < -0.3 is 4.74 Å². The molecule has 0 saturated heterocycles. The molecule has 0 amide bonds. The predicted octanol–water partition coefficient (Wildman–Crippen LogP) is 4.48. The lowest BCUT2D eigenvalue weighted by Crippen LogP contribution is -2.10. The number of hydrogen-bond donors (Lipinski definition) is 0. The highest BCUT2D eigenvalue weighted by Crippen LogP contribution is 2.37. The SMILES string of the molecule is CC#CC(C)C(C)c1cc(C(F)(F)F)ccc1OC. The quantitative estimate of drug-likeness (QED) is 0.736. The molecule has 0 saturated carbocycles. The lowest BCUT2D eigenvalue weighted by molar-refractivity contribution is -0.137. The van der Waals surface area contributed by atoms with Gasteiger partial charge in [-0.25, -0.2) is 0 Å². The molecule has 0 radical (unpaired) electrons. The van der Waals surface area contributed by atoms with E-state index in [4.69, 9.17) is 4.74 Å². The van der Waals surface area contributed by atoms with Crippen molar-refractivity contribution >= 4 is 0 Å². The molecule has 4 heteroatoms. The van der Waals surface area contributed by atoms with Crippen LogP contribution in [0.2, 0.25) is 0 Å². The van der Waals surface area contributed by atoms with Crippen LogP contribution in [0.4, 0.5) is 13.2 Å². The van der Waals surface area contributed by atoms with E-state index in [2.05, 4.69) is 11.8 Å². The smallest absolute Gasteiger partial charge is 0.416 e. The number of halogens is 3. The van der Waals surface area contributed by atoms with Crippen LogP contribution in [0.1, 0.15) is 37.8 Å². The first-order valence-electron chi connectivity index (χ1n) is 5.98. The molecular formula is C15H17F3O. The van der Waals surface area contributed by atoms with Crippen molar-refractivity contribution in [1.29, 1.82) is 0 Å². The summed E-state index contributed by atoms with van der Waals surface area (Å²) in [5.41, 5.74) is -0.126. The summed E-state index contributed by atoms with van der Waals surface area (Å²) in [5.74, 6) is 6.04. The summed E-state index contributed by atoms with van der Waals surface area (Å²) in [6.07, 6.45) is -4.35. The fraction of sp³-hybridized carbons (Fsp3) is 0.467. The van der Waals surface area contributed by atoms with Gasteiger partial charge in [0.25, 0.3) is 0 Å². The van der Waals surface area contributed by atoms with E-state index in [-0.39, 0.29) is 11.8 Å². The average Bonchev–Trinajstić information content (AvgIpc) is 2.36. The molecule has 0 aliphatic carbocycles. The molecule has 0 fully saturated rings. The largest absolute Gasteiger partial charge is 0.496 e. The first-order chi connectivity index (χ1) is 8.81. The molecule has 19 heavy (non-hydrogen) atoms. The predicted molar refractivity (Wildman–Crippen MR) is 69.0 cm³/mol. The fourth-order valence-corrected chi connectivity index (χ4v) is 1.89. The minimum Gasteiger partial charge on any atom is -0.496 e. The number of hydrogen-bond acceptors (Lipinski definition) is 1. The fourth-order valence-electron chi connectivity index (χ4n) is 1.89. The van der Waals surface area contributed by atoms with Gasteiger partial charge in [-0.15, -0.1) is 5.92 Å². The highest BCUT2D eigenvalue weighted by Gasteiger charge is 2.32. The van der Waals surface area contributed by atoms with E-state index in [0.717, 1.165) is 12.1 Å². The Morgan fingerprint density at radius 3 is 2.32 bits per heavy atom. The molecule has 2 atom stereocenters. The molecule has 0 aliphatic heterocycles. The summed E-state index contributed by atoms with van der Waals surface area (Å²) in [7, 11) is 1.45. The lowest BCUT2D eigenvalue weighted by Gasteiger charge is -2.20. The van der Waals surface area contributed by atoms with Gasteiger partial charge in [0.15, 0.2) is 0 Å². The monoisotopic (exact) mass is 270 g/mol. The van der Waals surface area contributed by atoms with Crippen LogP contribution in [0.3, 0.4) is 0 Å². The zero-order chi connectivity index (χ0) is 14.6. The number of methoxy groups -OCH3 is 1. The highest BCUT2D eigenvalue weighted by atomic mass is 19.4. The van der Waals surface area contributed by atoms with Crippen molar-refractivity contribution in [2.75, 3.05) is 7.11 Å². The molecule has 1 nitrogen and oxygen atoms in total. The van der Waals surface area contributed by atoms with E-state index in [1.807, 2.05) is 13.8 Å². The standard InChI is InChI=1S/C15H17F3O/c1-5-6-10(2)11(3)13-9-12(15(16,17)18)7-8-14(13)19-4/h7-11H,1-4H3. The minimum absolute atomic E-state index is 0.0395. The van der Waals surface area contributed by atoms with Gasteiger partial charge >= 0.3 is 6.18 Å². The molecule has 1 rings (SSSR count). The molecule has 0 N–H and O–H groups in total. The second-order valence-corrected chi connectivity index (χ2v) is 4.43. The Hall–Kier alpha value is -1.63. The Morgan fingerprint density at radius 2 is 1.84 bits per heavy atom. The van der Waals surface area contributed by atoms with Crippen molar-refractivity contribution in [3.05, 3.63) is 29.3 Å². The van der Waals surface area contributed by atoms with Crippen LogP contribution in [0.25, 0.3) is 0 Å². The van der Waals surface area contributed by atoms with Crippen molar-refractivity contribution in [3.63, 3.8) is 0 Å². The normalized spacial score (nSPS) is 14.3. The maximum atomic E-state index is 12.7.